The van der Waals surface area contributed by atoms with E-state index in [4.69, 9.17) is 5.11 Å². The van der Waals surface area contributed by atoms with E-state index in [2.05, 4.69) is 13.8 Å². The van der Waals surface area contributed by atoms with Gasteiger partial charge in [-0.3, -0.25) is 9.59 Å². The molecular weight excluding hydrogens is 240 g/mol. The highest BCUT2D eigenvalue weighted by Crippen LogP contribution is 2.23. The highest BCUT2D eigenvalue weighted by molar-refractivity contribution is 5.98. The van der Waals surface area contributed by atoms with E-state index in [0.29, 0.717) is 12.3 Å². The Kier molecular flexibility index (Phi) is 5.74. The van der Waals surface area contributed by atoms with E-state index in [0.717, 1.165) is 12.0 Å². The Hall–Kier alpha value is -1.64. The van der Waals surface area contributed by atoms with Crippen LogP contribution in [0.3, 0.4) is 0 Å². The summed E-state index contributed by atoms with van der Waals surface area (Å²) in [5.41, 5.74) is 2.17. The number of carboxylic acid groups (broad SMARTS) is 1. The van der Waals surface area contributed by atoms with Gasteiger partial charge in [-0.15, -0.1) is 0 Å². The van der Waals surface area contributed by atoms with Crippen LogP contribution in [0.1, 0.15) is 50.7 Å². The van der Waals surface area contributed by atoms with Gasteiger partial charge in [0.05, 0.1) is 0 Å². The molecule has 1 aromatic carbocycles. The summed E-state index contributed by atoms with van der Waals surface area (Å²) in [7, 11) is 0. The van der Waals surface area contributed by atoms with E-state index in [1.54, 1.807) is 0 Å². The number of carboxylic acids is 1. The average molecular weight is 262 g/mol. The van der Waals surface area contributed by atoms with Crippen LogP contribution in [0.2, 0.25) is 0 Å². The minimum absolute atomic E-state index is 0.216. The van der Waals surface area contributed by atoms with Crippen LogP contribution in [-0.4, -0.2) is 16.9 Å². The van der Waals surface area contributed by atoms with Crippen LogP contribution in [0.4, 0.5) is 0 Å². The van der Waals surface area contributed by atoms with E-state index in [9.17, 15) is 9.59 Å². The zero-order chi connectivity index (χ0) is 14.4. The van der Waals surface area contributed by atoms with E-state index >= 15 is 0 Å². The molecule has 0 heterocycles. The first-order valence-corrected chi connectivity index (χ1v) is 6.77. The molecule has 0 bridgehead atoms. The predicted octanol–water partition coefficient (Wildman–Crippen LogP) is 3.42. The van der Waals surface area contributed by atoms with E-state index in [-0.39, 0.29) is 11.7 Å². The van der Waals surface area contributed by atoms with Crippen molar-refractivity contribution in [3.05, 3.63) is 35.4 Å². The summed E-state index contributed by atoms with van der Waals surface area (Å²) in [5, 5.41) is 8.70. The van der Waals surface area contributed by atoms with Crippen molar-refractivity contribution in [3.63, 3.8) is 0 Å². The molecule has 1 atom stereocenters. The number of rotatable bonds is 7. The van der Waals surface area contributed by atoms with Crippen LogP contribution >= 0.6 is 0 Å². The Morgan fingerprint density at radius 3 is 2.16 bits per heavy atom. The number of ketones is 1. The standard InChI is InChI=1S/C16H22O3/c1-4-14(15(17)10-16(18)19)13-7-5-12(6-8-13)9-11(2)3/h5-8,11,14H,4,9-10H2,1-3H3,(H,18,19)/t14-/m0/s1. The molecule has 1 rings (SSSR count). The van der Waals surface area contributed by atoms with Gasteiger partial charge < -0.3 is 5.11 Å². The van der Waals surface area contributed by atoms with Crippen molar-refractivity contribution in [3.8, 4) is 0 Å². The molecule has 0 spiro atoms. The Bertz CT molecular complexity index is 432. The maximum absolute atomic E-state index is 11.9. The van der Waals surface area contributed by atoms with E-state index < -0.39 is 12.4 Å². The summed E-state index contributed by atoms with van der Waals surface area (Å²) < 4.78 is 0. The fourth-order valence-electron chi connectivity index (χ4n) is 2.28. The van der Waals surface area contributed by atoms with Crippen LogP contribution < -0.4 is 0 Å². The molecule has 0 aromatic heterocycles. The van der Waals surface area contributed by atoms with Gasteiger partial charge in [0.1, 0.15) is 6.42 Å². The minimum atomic E-state index is -1.06. The van der Waals surface area contributed by atoms with E-state index in [1.165, 1.54) is 5.56 Å². The minimum Gasteiger partial charge on any atom is -0.481 e. The topological polar surface area (TPSA) is 54.4 Å². The largest absolute Gasteiger partial charge is 0.481 e. The molecule has 0 aliphatic rings. The molecule has 1 N–H and O–H groups in total. The van der Waals surface area contributed by atoms with Crippen LogP contribution in [0.5, 0.6) is 0 Å². The predicted molar refractivity (Wildman–Crippen MR) is 75.3 cm³/mol. The summed E-state index contributed by atoms with van der Waals surface area (Å²) in [4.78, 5) is 22.5. The maximum atomic E-state index is 11.9. The van der Waals surface area contributed by atoms with Gasteiger partial charge in [0.15, 0.2) is 5.78 Å². The molecule has 1 aromatic rings. The number of hydrogen-bond donors (Lipinski definition) is 1. The quantitative estimate of drug-likeness (QED) is 0.766. The van der Waals surface area contributed by atoms with Gasteiger partial charge in [0.25, 0.3) is 0 Å². The molecule has 0 saturated heterocycles. The van der Waals surface area contributed by atoms with Crippen molar-refractivity contribution in [2.75, 3.05) is 0 Å². The zero-order valence-corrected chi connectivity index (χ0v) is 11.8. The smallest absolute Gasteiger partial charge is 0.310 e. The number of hydrogen-bond acceptors (Lipinski definition) is 2. The third kappa shape index (κ3) is 4.86. The van der Waals surface area contributed by atoms with Gasteiger partial charge in [-0.25, -0.2) is 0 Å². The number of carbonyl (C=O) groups excluding carboxylic acids is 1. The molecule has 0 unspecified atom stereocenters. The highest BCUT2D eigenvalue weighted by atomic mass is 16.4. The van der Waals surface area contributed by atoms with Gasteiger partial charge in [-0.1, -0.05) is 45.0 Å². The molecule has 3 nitrogen and oxygen atoms in total. The SMILES string of the molecule is CC[C@H](C(=O)CC(=O)O)c1ccc(CC(C)C)cc1. The summed E-state index contributed by atoms with van der Waals surface area (Å²) >= 11 is 0. The first-order valence-electron chi connectivity index (χ1n) is 6.77. The summed E-state index contributed by atoms with van der Waals surface area (Å²) in [6.45, 7) is 6.24. The van der Waals surface area contributed by atoms with Crippen LogP contribution in [0.25, 0.3) is 0 Å². The van der Waals surface area contributed by atoms with Crippen LogP contribution in [0, 0.1) is 5.92 Å². The van der Waals surface area contributed by atoms with Crippen molar-refractivity contribution < 1.29 is 14.7 Å². The van der Waals surface area contributed by atoms with Crippen molar-refractivity contribution in [2.45, 2.75) is 46.0 Å². The molecule has 0 aliphatic heterocycles. The molecule has 19 heavy (non-hydrogen) atoms. The summed E-state index contributed by atoms with van der Waals surface area (Å²) in [6.07, 6.45) is 1.25. The highest BCUT2D eigenvalue weighted by Gasteiger charge is 2.20. The molecule has 104 valence electrons. The van der Waals surface area contributed by atoms with Gasteiger partial charge >= 0.3 is 5.97 Å². The Morgan fingerprint density at radius 2 is 1.74 bits per heavy atom. The number of benzene rings is 1. The van der Waals surface area contributed by atoms with Crippen molar-refractivity contribution in [1.29, 1.82) is 0 Å². The van der Waals surface area contributed by atoms with Gasteiger partial charge in [0, 0.05) is 5.92 Å². The molecule has 0 saturated carbocycles. The molecule has 0 amide bonds. The van der Waals surface area contributed by atoms with Crippen molar-refractivity contribution in [1.82, 2.24) is 0 Å². The van der Waals surface area contributed by atoms with Gasteiger partial charge in [-0.05, 0) is 29.9 Å². The van der Waals surface area contributed by atoms with E-state index in [1.807, 2.05) is 31.2 Å². The molecule has 0 aliphatic carbocycles. The summed E-state index contributed by atoms with van der Waals surface area (Å²) in [6, 6.07) is 7.97. The normalized spacial score (nSPS) is 12.4. The third-order valence-corrected chi connectivity index (χ3v) is 3.15. The lowest BCUT2D eigenvalue weighted by molar-refractivity contribution is -0.140. The lowest BCUT2D eigenvalue weighted by Gasteiger charge is -2.14. The molecule has 0 fully saturated rings. The molecule has 0 radical (unpaired) electrons. The van der Waals surface area contributed by atoms with Crippen molar-refractivity contribution in [2.24, 2.45) is 5.92 Å². The Labute approximate surface area is 114 Å². The second kappa shape index (κ2) is 7.07. The lowest BCUT2D eigenvalue weighted by Crippen LogP contribution is -2.15. The maximum Gasteiger partial charge on any atom is 0.310 e. The van der Waals surface area contributed by atoms with Gasteiger partial charge in [0.2, 0.25) is 0 Å². The Morgan fingerprint density at radius 1 is 1.16 bits per heavy atom. The average Bonchev–Trinajstić information content (AvgIpc) is 2.30. The zero-order valence-electron chi connectivity index (χ0n) is 11.8. The third-order valence-electron chi connectivity index (χ3n) is 3.15. The lowest BCUT2D eigenvalue weighted by atomic mass is 9.89. The Balaban J connectivity index is 2.81. The number of aliphatic carboxylic acids is 1. The molecular formula is C16H22O3. The summed E-state index contributed by atoms with van der Waals surface area (Å²) in [5.74, 6) is -0.975. The first kappa shape index (κ1) is 15.4. The fraction of sp³-hybridized carbons (Fsp3) is 0.500. The molecule has 3 heteroatoms. The number of Topliss-reactive ketones (excluding diaryl/α,β-unsaturated/α-hetero) is 1. The second-order valence-corrected chi connectivity index (χ2v) is 5.34. The van der Waals surface area contributed by atoms with Crippen LogP contribution in [0.15, 0.2) is 24.3 Å². The second-order valence-electron chi connectivity index (χ2n) is 5.34. The van der Waals surface area contributed by atoms with Crippen molar-refractivity contribution >= 4 is 11.8 Å². The fourth-order valence-corrected chi connectivity index (χ4v) is 2.28. The first-order chi connectivity index (χ1) is 8.93. The van der Waals surface area contributed by atoms with Gasteiger partial charge in [-0.2, -0.15) is 0 Å². The monoisotopic (exact) mass is 262 g/mol. The number of carbonyl (C=O) groups is 2. The van der Waals surface area contributed by atoms with Crippen LogP contribution in [-0.2, 0) is 16.0 Å².